The second kappa shape index (κ2) is 10.6. The molecular weight excluding hydrogens is 461 g/mol. The van der Waals surface area contributed by atoms with E-state index in [1.54, 1.807) is 0 Å². The van der Waals surface area contributed by atoms with E-state index in [1.807, 2.05) is 6.07 Å². The minimum Gasteiger partial charge on any atom is -0.381 e. The molecule has 3 aliphatic rings. The first-order valence-corrected chi connectivity index (χ1v) is 12.3. The van der Waals surface area contributed by atoms with Crippen molar-refractivity contribution in [2.24, 2.45) is 0 Å². The van der Waals surface area contributed by atoms with Crippen LogP contribution >= 0.6 is 0 Å². The van der Waals surface area contributed by atoms with Crippen LogP contribution in [0.1, 0.15) is 42.9 Å². The van der Waals surface area contributed by atoms with E-state index in [0.29, 0.717) is 31.0 Å². The number of rotatable bonds is 5. The molecule has 0 unspecified atom stereocenters. The molecule has 5 heterocycles. The number of pyridine rings is 1. The number of nitrogens with zero attached hydrogens (tertiary/aromatic N) is 5. The molecule has 0 saturated carbocycles. The molecule has 0 atom stereocenters. The van der Waals surface area contributed by atoms with Crippen LogP contribution in [0.25, 0.3) is 0 Å². The third-order valence-electron chi connectivity index (χ3n) is 7.03. The van der Waals surface area contributed by atoms with E-state index in [1.165, 1.54) is 0 Å². The van der Waals surface area contributed by atoms with Crippen LogP contribution in [0, 0.1) is 0 Å². The van der Waals surface area contributed by atoms with Crippen LogP contribution in [0.15, 0.2) is 24.4 Å². The number of nitrogens with one attached hydrogen (secondary N) is 1. The van der Waals surface area contributed by atoms with Gasteiger partial charge in [0, 0.05) is 63.6 Å². The lowest BCUT2D eigenvalue weighted by molar-refractivity contribution is -0.137. The maximum Gasteiger partial charge on any atom is 0.416 e. The third-order valence-corrected chi connectivity index (χ3v) is 7.03. The number of hydrogen-bond acceptors (Lipinski definition) is 8. The molecule has 190 valence electrons. The second-order valence-corrected chi connectivity index (χ2v) is 9.28. The van der Waals surface area contributed by atoms with E-state index in [2.05, 4.69) is 20.1 Å². The fraction of sp³-hybridized carbons (Fsp3) is 0.625. The normalized spacial score (nSPS) is 21.3. The fourth-order valence-electron chi connectivity index (χ4n) is 5.04. The first-order valence-electron chi connectivity index (χ1n) is 12.3. The molecule has 3 saturated heterocycles. The van der Waals surface area contributed by atoms with E-state index < -0.39 is 11.7 Å². The summed E-state index contributed by atoms with van der Waals surface area (Å²) in [6.45, 7) is 6.53. The van der Waals surface area contributed by atoms with E-state index in [4.69, 9.17) is 19.4 Å². The highest BCUT2D eigenvalue weighted by Gasteiger charge is 2.31. The minimum atomic E-state index is -4.44. The molecule has 3 aliphatic heterocycles. The average molecular weight is 493 g/mol. The zero-order valence-electron chi connectivity index (χ0n) is 19.6. The minimum absolute atomic E-state index is 0.105. The van der Waals surface area contributed by atoms with Crippen LogP contribution in [-0.4, -0.2) is 78.5 Å². The predicted octanol–water partition coefficient (Wildman–Crippen LogP) is 3.83. The van der Waals surface area contributed by atoms with Gasteiger partial charge in [0.2, 0.25) is 5.95 Å². The van der Waals surface area contributed by atoms with Gasteiger partial charge in [0.15, 0.2) is 0 Å². The van der Waals surface area contributed by atoms with Crippen molar-refractivity contribution < 1.29 is 22.6 Å². The van der Waals surface area contributed by atoms with Gasteiger partial charge in [-0.3, -0.25) is 4.90 Å². The lowest BCUT2D eigenvalue weighted by Crippen LogP contribution is -2.49. The highest BCUT2D eigenvalue weighted by atomic mass is 19.4. The summed E-state index contributed by atoms with van der Waals surface area (Å²) in [5.41, 5.74) is 0.141. The molecule has 35 heavy (non-hydrogen) atoms. The van der Waals surface area contributed by atoms with Crippen molar-refractivity contribution in [3.8, 4) is 0 Å². The number of aromatic nitrogens is 3. The highest BCUT2D eigenvalue weighted by Crippen LogP contribution is 2.32. The summed E-state index contributed by atoms with van der Waals surface area (Å²) >= 11 is 0. The van der Waals surface area contributed by atoms with Crippen LogP contribution in [0.4, 0.5) is 30.8 Å². The van der Waals surface area contributed by atoms with Gasteiger partial charge < -0.3 is 19.7 Å². The van der Waals surface area contributed by atoms with Gasteiger partial charge in [-0.2, -0.15) is 18.2 Å². The van der Waals surface area contributed by atoms with Crippen molar-refractivity contribution in [2.75, 3.05) is 62.8 Å². The van der Waals surface area contributed by atoms with Crippen molar-refractivity contribution in [3.63, 3.8) is 0 Å². The predicted molar refractivity (Wildman–Crippen MR) is 125 cm³/mol. The number of ether oxygens (including phenoxy) is 2. The number of piperidine rings is 1. The van der Waals surface area contributed by atoms with Crippen LogP contribution in [0.3, 0.4) is 0 Å². The Hall–Kier alpha value is -2.50. The van der Waals surface area contributed by atoms with Gasteiger partial charge >= 0.3 is 6.18 Å². The summed E-state index contributed by atoms with van der Waals surface area (Å²) in [5.74, 6) is 1.40. The molecule has 0 spiro atoms. The summed E-state index contributed by atoms with van der Waals surface area (Å²) in [6.07, 6.45) is 0.469. The van der Waals surface area contributed by atoms with Crippen LogP contribution in [0.5, 0.6) is 0 Å². The van der Waals surface area contributed by atoms with Crippen LogP contribution < -0.4 is 10.2 Å². The Morgan fingerprint density at radius 3 is 2.29 bits per heavy atom. The molecule has 0 aromatic carbocycles. The smallest absolute Gasteiger partial charge is 0.381 e. The highest BCUT2D eigenvalue weighted by molar-refractivity contribution is 5.55. The molecule has 0 amide bonds. The van der Waals surface area contributed by atoms with Crippen molar-refractivity contribution in [1.29, 1.82) is 0 Å². The van der Waals surface area contributed by atoms with E-state index >= 15 is 0 Å². The molecule has 2 aromatic heterocycles. The lowest BCUT2D eigenvalue weighted by Gasteiger charge is -2.40. The standard InChI is InChI=1S/C24H31F3N6O2/c25-24(26,27)18-1-6-28-21(15-18)30-22-16-20(17-4-11-34-12-5-17)29-23(31-22)33-7-2-19(3-8-33)32-9-13-35-14-10-32/h1,6,15-17,19H,2-5,7-14H2,(H,28,29,30,31). The molecule has 3 fully saturated rings. The zero-order chi connectivity index (χ0) is 24.3. The molecule has 0 radical (unpaired) electrons. The van der Waals surface area contributed by atoms with Crippen molar-refractivity contribution in [3.05, 3.63) is 35.7 Å². The van der Waals surface area contributed by atoms with Crippen molar-refractivity contribution in [2.45, 2.75) is 43.8 Å². The Balaban J connectivity index is 1.36. The molecule has 0 bridgehead atoms. The quantitative estimate of drug-likeness (QED) is 0.675. The number of morpholine rings is 1. The molecule has 0 aliphatic carbocycles. The Kier molecular flexibility index (Phi) is 7.35. The molecule has 1 N–H and O–H groups in total. The van der Waals surface area contributed by atoms with Gasteiger partial charge in [-0.1, -0.05) is 0 Å². The molecular formula is C24H31F3N6O2. The van der Waals surface area contributed by atoms with Crippen molar-refractivity contribution >= 4 is 17.6 Å². The topological polar surface area (TPSA) is 75.6 Å². The van der Waals surface area contributed by atoms with Crippen LogP contribution in [0.2, 0.25) is 0 Å². The number of alkyl halides is 3. The monoisotopic (exact) mass is 492 g/mol. The SMILES string of the molecule is FC(F)(F)c1ccnc(Nc2cc(C3CCOCC3)nc(N3CCC(N4CCOCC4)CC3)n2)c1. The van der Waals surface area contributed by atoms with E-state index in [-0.39, 0.29) is 11.7 Å². The first-order chi connectivity index (χ1) is 17.0. The van der Waals surface area contributed by atoms with Gasteiger partial charge in [-0.25, -0.2) is 9.97 Å². The number of halogens is 3. The van der Waals surface area contributed by atoms with Crippen molar-refractivity contribution in [1.82, 2.24) is 19.9 Å². The average Bonchev–Trinajstić information content (AvgIpc) is 2.89. The summed E-state index contributed by atoms with van der Waals surface area (Å²) in [6, 6.07) is 4.33. The van der Waals surface area contributed by atoms with Gasteiger partial charge in [0.25, 0.3) is 0 Å². The molecule has 11 heteroatoms. The Morgan fingerprint density at radius 2 is 1.57 bits per heavy atom. The largest absolute Gasteiger partial charge is 0.416 e. The zero-order valence-corrected chi connectivity index (χ0v) is 19.6. The van der Waals surface area contributed by atoms with E-state index in [0.717, 1.165) is 89.1 Å². The summed E-state index contributed by atoms with van der Waals surface area (Å²) in [7, 11) is 0. The third kappa shape index (κ3) is 6.02. The first kappa shape index (κ1) is 24.2. The number of anilines is 3. The fourth-order valence-corrected chi connectivity index (χ4v) is 5.04. The van der Waals surface area contributed by atoms with Gasteiger partial charge in [-0.05, 0) is 37.8 Å². The number of hydrogen-bond donors (Lipinski definition) is 1. The molecule has 5 rings (SSSR count). The summed E-state index contributed by atoms with van der Waals surface area (Å²) < 4.78 is 50.5. The molecule has 2 aromatic rings. The lowest BCUT2D eigenvalue weighted by atomic mass is 9.96. The Morgan fingerprint density at radius 1 is 0.857 bits per heavy atom. The van der Waals surface area contributed by atoms with Gasteiger partial charge in [0.05, 0.1) is 24.5 Å². The Labute approximate surface area is 202 Å². The summed E-state index contributed by atoms with van der Waals surface area (Å²) in [4.78, 5) is 18.4. The van der Waals surface area contributed by atoms with Gasteiger partial charge in [-0.15, -0.1) is 0 Å². The molecule has 8 nitrogen and oxygen atoms in total. The second-order valence-electron chi connectivity index (χ2n) is 9.28. The summed E-state index contributed by atoms with van der Waals surface area (Å²) in [5, 5.41) is 2.99. The van der Waals surface area contributed by atoms with Gasteiger partial charge in [0.1, 0.15) is 11.6 Å². The Bertz CT molecular complexity index is 987. The van der Waals surface area contributed by atoms with E-state index in [9.17, 15) is 13.2 Å². The maximum absolute atomic E-state index is 13.2. The van der Waals surface area contributed by atoms with Crippen LogP contribution in [-0.2, 0) is 15.7 Å². The maximum atomic E-state index is 13.2.